The number of hydrogen-bond acceptors (Lipinski definition) is 6. The highest BCUT2D eigenvalue weighted by Crippen LogP contribution is 2.11. The van der Waals surface area contributed by atoms with Crippen LogP contribution in [0.3, 0.4) is 0 Å². The van der Waals surface area contributed by atoms with E-state index in [1.165, 1.54) is 11.7 Å². The Bertz CT molecular complexity index is 595. The Morgan fingerprint density at radius 3 is 2.70 bits per heavy atom. The number of ether oxygens (including phenoxy) is 1. The average molecular weight is 304 g/mol. The second-order valence-corrected chi connectivity index (χ2v) is 5.93. The van der Waals surface area contributed by atoms with Crippen LogP contribution in [0, 0.1) is 0 Å². The van der Waals surface area contributed by atoms with Gasteiger partial charge in [-0.25, -0.2) is 4.79 Å². The number of rotatable bonds is 7. The molecule has 0 aliphatic carbocycles. The number of hydrogen-bond donors (Lipinski definition) is 3. The van der Waals surface area contributed by atoms with Crippen LogP contribution in [-0.2, 0) is 22.1 Å². The van der Waals surface area contributed by atoms with Crippen molar-refractivity contribution < 1.29 is 8.95 Å². The first-order valence-corrected chi connectivity index (χ1v) is 7.77. The maximum Gasteiger partial charge on any atom is 0.330 e. The van der Waals surface area contributed by atoms with Crippen molar-refractivity contribution in [3.05, 3.63) is 20.8 Å². The molecule has 0 radical (unpaired) electrons. The molecule has 0 amide bonds. The van der Waals surface area contributed by atoms with Gasteiger partial charge in [0, 0.05) is 36.0 Å². The predicted octanol–water partition coefficient (Wildman–Crippen LogP) is -1.06. The summed E-state index contributed by atoms with van der Waals surface area (Å²) in [5.74, 6) is 0.417. The molecule has 1 aromatic heterocycles. The first kappa shape index (κ1) is 16.4. The lowest BCUT2D eigenvalue weighted by Crippen LogP contribution is -2.37. The van der Waals surface area contributed by atoms with Crippen LogP contribution in [0.4, 0.5) is 11.5 Å². The minimum Gasteiger partial charge on any atom is -0.383 e. The summed E-state index contributed by atoms with van der Waals surface area (Å²) in [6.45, 7) is 2.32. The number of methoxy groups -OCH3 is 1. The van der Waals surface area contributed by atoms with Gasteiger partial charge in [-0.3, -0.25) is 18.6 Å². The molecule has 0 spiro atoms. The van der Waals surface area contributed by atoms with Crippen LogP contribution in [0.2, 0.25) is 0 Å². The number of nitrogens with zero attached hydrogens (tertiary/aromatic N) is 1. The molecule has 0 aliphatic heterocycles. The van der Waals surface area contributed by atoms with Crippen molar-refractivity contribution in [3.63, 3.8) is 0 Å². The Labute approximate surface area is 118 Å². The molecule has 0 bridgehead atoms. The molecule has 2 unspecified atom stereocenters. The maximum atomic E-state index is 11.8. The van der Waals surface area contributed by atoms with E-state index in [9.17, 15) is 13.8 Å². The van der Waals surface area contributed by atoms with Crippen LogP contribution >= 0.6 is 0 Å². The van der Waals surface area contributed by atoms with Crippen molar-refractivity contribution in [1.29, 1.82) is 0 Å². The van der Waals surface area contributed by atoms with E-state index in [-0.39, 0.29) is 24.1 Å². The lowest BCUT2D eigenvalue weighted by molar-refractivity contribution is 0.186. The zero-order valence-electron chi connectivity index (χ0n) is 11.8. The fourth-order valence-electron chi connectivity index (χ4n) is 1.77. The first-order chi connectivity index (χ1) is 9.36. The molecule has 8 nitrogen and oxygen atoms in total. The monoisotopic (exact) mass is 304 g/mol. The molecule has 4 N–H and O–H groups in total. The fraction of sp³-hybridized carbons (Fsp3) is 0.636. The number of nitrogen functional groups attached to an aromatic ring is 1. The summed E-state index contributed by atoms with van der Waals surface area (Å²) < 4.78 is 17.3. The van der Waals surface area contributed by atoms with Crippen LogP contribution < -0.4 is 22.3 Å². The van der Waals surface area contributed by atoms with Crippen LogP contribution in [-0.4, -0.2) is 45.5 Å². The lowest BCUT2D eigenvalue weighted by Gasteiger charge is -2.17. The number of aromatic nitrogens is 2. The minimum absolute atomic E-state index is 0.0459. The number of nitrogens with one attached hydrogen (secondary N) is 2. The molecule has 2 atom stereocenters. The van der Waals surface area contributed by atoms with Crippen molar-refractivity contribution in [2.45, 2.75) is 19.5 Å². The Balaban J connectivity index is 3.10. The van der Waals surface area contributed by atoms with E-state index < -0.39 is 22.0 Å². The third kappa shape index (κ3) is 4.20. The minimum atomic E-state index is -1.00. The van der Waals surface area contributed by atoms with Gasteiger partial charge in [-0.05, 0) is 6.92 Å². The van der Waals surface area contributed by atoms with Gasteiger partial charge in [0.15, 0.2) is 0 Å². The summed E-state index contributed by atoms with van der Waals surface area (Å²) in [7, 11) is 0.503. The van der Waals surface area contributed by atoms with Crippen LogP contribution in [0.25, 0.3) is 0 Å². The standard InChI is InChI=1S/C11H20N4O4S/c1-7(6-20(3)18)13-8-9(12)15(4-5-19-2)11(17)14-10(8)16/h7,13H,4-6,12H2,1-3H3,(H,14,16,17). The molecule has 0 aromatic carbocycles. The molecule has 20 heavy (non-hydrogen) atoms. The molecule has 0 aliphatic rings. The van der Waals surface area contributed by atoms with E-state index in [0.717, 1.165) is 0 Å². The first-order valence-electron chi connectivity index (χ1n) is 6.05. The molecule has 0 saturated heterocycles. The molecule has 1 heterocycles. The second kappa shape index (κ2) is 7.25. The van der Waals surface area contributed by atoms with Gasteiger partial charge in [0.1, 0.15) is 11.5 Å². The van der Waals surface area contributed by atoms with Crippen molar-refractivity contribution in [1.82, 2.24) is 9.55 Å². The topological polar surface area (TPSA) is 119 Å². The Morgan fingerprint density at radius 2 is 2.15 bits per heavy atom. The zero-order chi connectivity index (χ0) is 15.3. The molecule has 114 valence electrons. The van der Waals surface area contributed by atoms with Gasteiger partial charge in [-0.2, -0.15) is 0 Å². The van der Waals surface area contributed by atoms with E-state index in [0.29, 0.717) is 12.4 Å². The van der Waals surface area contributed by atoms with Gasteiger partial charge in [-0.1, -0.05) is 0 Å². The van der Waals surface area contributed by atoms with E-state index in [1.54, 1.807) is 13.2 Å². The quantitative estimate of drug-likeness (QED) is 0.591. The van der Waals surface area contributed by atoms with Gasteiger partial charge in [-0.15, -0.1) is 0 Å². The summed E-state index contributed by atoms with van der Waals surface area (Å²) >= 11 is 0. The third-order valence-corrected chi connectivity index (χ3v) is 3.60. The Kier molecular flexibility index (Phi) is 5.96. The van der Waals surface area contributed by atoms with Crippen molar-refractivity contribution in [2.24, 2.45) is 0 Å². The summed E-state index contributed by atoms with van der Waals surface area (Å²) in [5, 5.41) is 2.89. The second-order valence-electron chi connectivity index (χ2n) is 4.45. The van der Waals surface area contributed by atoms with Crippen molar-refractivity contribution in [2.75, 3.05) is 36.8 Å². The largest absolute Gasteiger partial charge is 0.383 e. The van der Waals surface area contributed by atoms with E-state index in [2.05, 4.69) is 10.3 Å². The third-order valence-electron chi connectivity index (χ3n) is 2.63. The highest BCUT2D eigenvalue weighted by molar-refractivity contribution is 7.84. The molecule has 1 rings (SSSR count). The van der Waals surface area contributed by atoms with Gasteiger partial charge in [0.2, 0.25) is 0 Å². The summed E-state index contributed by atoms with van der Waals surface area (Å²) in [4.78, 5) is 25.7. The van der Waals surface area contributed by atoms with Gasteiger partial charge in [0.05, 0.1) is 13.2 Å². The van der Waals surface area contributed by atoms with Crippen LogP contribution in [0.1, 0.15) is 6.92 Å². The molecule has 0 fully saturated rings. The summed E-state index contributed by atoms with van der Waals surface area (Å²) in [6.07, 6.45) is 1.57. The SMILES string of the molecule is COCCn1c(N)c(NC(C)CS(C)=O)c(=O)[nH]c1=O. The predicted molar refractivity (Wildman–Crippen MR) is 79.6 cm³/mol. The number of aromatic amines is 1. The van der Waals surface area contributed by atoms with Gasteiger partial charge < -0.3 is 15.8 Å². The normalized spacial score (nSPS) is 13.9. The average Bonchev–Trinajstić information content (AvgIpc) is 2.33. The molecule has 9 heteroatoms. The van der Waals surface area contributed by atoms with E-state index in [1.807, 2.05) is 0 Å². The maximum absolute atomic E-state index is 11.8. The van der Waals surface area contributed by atoms with E-state index in [4.69, 9.17) is 10.5 Å². The highest BCUT2D eigenvalue weighted by Gasteiger charge is 2.14. The van der Waals surface area contributed by atoms with E-state index >= 15 is 0 Å². The fourth-order valence-corrected chi connectivity index (χ4v) is 2.56. The Hall–Kier alpha value is -1.61. The number of H-pyrrole nitrogens is 1. The van der Waals surface area contributed by atoms with Crippen LogP contribution in [0.5, 0.6) is 0 Å². The zero-order valence-corrected chi connectivity index (χ0v) is 12.6. The van der Waals surface area contributed by atoms with Gasteiger partial charge in [0.25, 0.3) is 5.56 Å². The molecular formula is C11H20N4O4S. The van der Waals surface area contributed by atoms with Crippen molar-refractivity contribution in [3.8, 4) is 0 Å². The van der Waals surface area contributed by atoms with Gasteiger partial charge >= 0.3 is 5.69 Å². The lowest BCUT2D eigenvalue weighted by atomic mass is 10.3. The van der Waals surface area contributed by atoms with Crippen molar-refractivity contribution >= 4 is 22.3 Å². The summed E-state index contributed by atoms with van der Waals surface area (Å²) in [6, 6.07) is -0.211. The molecule has 0 saturated carbocycles. The van der Waals surface area contributed by atoms with Crippen LogP contribution in [0.15, 0.2) is 9.59 Å². The number of nitrogens with two attached hydrogens (primary N) is 1. The number of anilines is 2. The molecule has 1 aromatic rings. The Morgan fingerprint density at radius 1 is 1.50 bits per heavy atom. The molecular weight excluding hydrogens is 284 g/mol. The highest BCUT2D eigenvalue weighted by atomic mass is 32.2. The summed E-state index contributed by atoms with van der Waals surface area (Å²) in [5.41, 5.74) is 4.79. The smallest absolute Gasteiger partial charge is 0.330 e.